The summed E-state index contributed by atoms with van der Waals surface area (Å²) < 4.78 is 64.1. The highest BCUT2D eigenvalue weighted by Crippen LogP contribution is 2.34. The Labute approximate surface area is 198 Å². The second-order valence-corrected chi connectivity index (χ2v) is 8.31. The van der Waals surface area contributed by atoms with Gasteiger partial charge in [0.1, 0.15) is 23.3 Å². The Morgan fingerprint density at radius 3 is 2.71 bits per heavy atom. The zero-order valence-electron chi connectivity index (χ0n) is 18.8. The molecule has 4 aromatic rings. The van der Waals surface area contributed by atoms with Crippen LogP contribution in [0.3, 0.4) is 0 Å². The van der Waals surface area contributed by atoms with E-state index in [9.17, 15) is 13.2 Å². The van der Waals surface area contributed by atoms with E-state index < -0.39 is 24.6 Å². The molecule has 0 N–H and O–H groups in total. The van der Waals surface area contributed by atoms with E-state index in [-0.39, 0.29) is 28.6 Å². The molecule has 1 aliphatic heterocycles. The van der Waals surface area contributed by atoms with E-state index in [0.717, 1.165) is 23.8 Å². The molecule has 10 heteroatoms. The Morgan fingerprint density at radius 2 is 1.94 bits per heavy atom. The highest BCUT2D eigenvalue weighted by Gasteiger charge is 2.24. The number of anilines is 2. The molecule has 180 valence electrons. The Kier molecular flexibility index (Phi) is 6.26. The number of hydrogen-bond acceptors (Lipinski definition) is 5. The number of ether oxygens (including phenoxy) is 1. The van der Waals surface area contributed by atoms with E-state index in [1.165, 1.54) is 24.3 Å². The number of nitrogens with zero attached hydrogens (tertiary/aromatic N) is 5. The molecule has 0 unspecified atom stereocenters. The number of aryl methyl sites for hydroxylation is 1. The van der Waals surface area contributed by atoms with E-state index in [2.05, 4.69) is 27.0 Å². The standard InChI is InChI=1S/C25H21F4N5O/c1-15-31-32-25-30-24(23-20(27)3-2-4-21(23)34(15)25)33(14-22(28)29)19-12-17(11-18(26)13-19)6-5-16-7-9-35-10-8-16/h2-4,11-13,16,22H,7-10,14H2,1H3. The van der Waals surface area contributed by atoms with Crippen LogP contribution in [-0.4, -0.2) is 45.8 Å². The number of rotatable bonds is 4. The van der Waals surface area contributed by atoms with Crippen molar-refractivity contribution in [3.63, 3.8) is 0 Å². The number of fused-ring (bicyclic) bond motifs is 3. The summed E-state index contributed by atoms with van der Waals surface area (Å²) in [5.41, 5.74) is 0.775. The van der Waals surface area contributed by atoms with Gasteiger partial charge in [0, 0.05) is 30.4 Å². The fourth-order valence-electron chi connectivity index (χ4n) is 4.25. The van der Waals surface area contributed by atoms with Crippen LogP contribution >= 0.6 is 0 Å². The van der Waals surface area contributed by atoms with Crippen LogP contribution in [-0.2, 0) is 4.74 Å². The fraction of sp³-hybridized carbons (Fsp3) is 0.320. The largest absolute Gasteiger partial charge is 0.381 e. The molecule has 2 aromatic heterocycles. The van der Waals surface area contributed by atoms with E-state index in [4.69, 9.17) is 4.74 Å². The number of benzene rings is 2. The maximum Gasteiger partial charge on any atom is 0.257 e. The molecule has 2 aromatic carbocycles. The van der Waals surface area contributed by atoms with Crippen LogP contribution in [0.5, 0.6) is 0 Å². The molecule has 0 amide bonds. The molecular formula is C25H21F4N5O. The van der Waals surface area contributed by atoms with Crippen LogP contribution in [0, 0.1) is 36.3 Å². The molecule has 1 fully saturated rings. The van der Waals surface area contributed by atoms with E-state index in [1.54, 1.807) is 17.4 Å². The average Bonchev–Trinajstić information content (AvgIpc) is 3.22. The minimum Gasteiger partial charge on any atom is -0.381 e. The first kappa shape index (κ1) is 23.1. The van der Waals surface area contributed by atoms with Crippen LogP contribution in [0.2, 0.25) is 0 Å². The van der Waals surface area contributed by atoms with Gasteiger partial charge in [-0.3, -0.25) is 4.40 Å². The second kappa shape index (κ2) is 9.50. The van der Waals surface area contributed by atoms with Gasteiger partial charge in [0.15, 0.2) is 0 Å². The summed E-state index contributed by atoms with van der Waals surface area (Å²) in [6.07, 6.45) is -1.26. The smallest absolute Gasteiger partial charge is 0.257 e. The molecule has 1 aliphatic rings. The third-order valence-corrected chi connectivity index (χ3v) is 5.88. The van der Waals surface area contributed by atoms with Gasteiger partial charge in [-0.1, -0.05) is 17.9 Å². The lowest BCUT2D eigenvalue weighted by Crippen LogP contribution is -2.26. The summed E-state index contributed by atoms with van der Waals surface area (Å²) in [5, 5.41) is 7.97. The van der Waals surface area contributed by atoms with Crippen molar-refractivity contribution in [3.8, 4) is 11.8 Å². The first-order valence-corrected chi connectivity index (χ1v) is 11.2. The normalized spacial score (nSPS) is 14.5. The van der Waals surface area contributed by atoms with Gasteiger partial charge in [-0.05, 0) is 50.1 Å². The van der Waals surface area contributed by atoms with Gasteiger partial charge in [-0.15, -0.1) is 10.2 Å². The zero-order valence-corrected chi connectivity index (χ0v) is 18.8. The Balaban J connectivity index is 1.67. The topological polar surface area (TPSA) is 55.5 Å². The molecule has 0 atom stereocenters. The minimum atomic E-state index is -2.81. The van der Waals surface area contributed by atoms with Crippen LogP contribution < -0.4 is 4.90 Å². The fourth-order valence-corrected chi connectivity index (χ4v) is 4.25. The summed E-state index contributed by atoms with van der Waals surface area (Å²) in [4.78, 5) is 5.46. The van der Waals surface area contributed by atoms with E-state index >= 15 is 4.39 Å². The summed E-state index contributed by atoms with van der Waals surface area (Å²) in [6, 6.07) is 8.21. The van der Waals surface area contributed by atoms with Crippen molar-refractivity contribution in [2.24, 2.45) is 5.92 Å². The van der Waals surface area contributed by atoms with Crippen molar-refractivity contribution < 1.29 is 22.3 Å². The molecule has 0 aliphatic carbocycles. The third kappa shape index (κ3) is 4.64. The quantitative estimate of drug-likeness (QED) is 0.301. The highest BCUT2D eigenvalue weighted by atomic mass is 19.3. The monoisotopic (exact) mass is 483 g/mol. The van der Waals surface area contributed by atoms with Crippen LogP contribution in [0.25, 0.3) is 16.7 Å². The van der Waals surface area contributed by atoms with Crippen molar-refractivity contribution in [3.05, 3.63) is 59.4 Å². The van der Waals surface area contributed by atoms with E-state index in [0.29, 0.717) is 30.1 Å². The minimum absolute atomic E-state index is 0.00245. The maximum absolute atomic E-state index is 15.1. The number of aromatic nitrogens is 4. The SMILES string of the molecule is Cc1nnc2nc(N(CC(F)F)c3cc(F)cc(C#CC4CCOCC4)c3)c3c(F)cccc3n12. The number of hydrogen-bond donors (Lipinski definition) is 0. The maximum atomic E-state index is 15.1. The molecule has 5 rings (SSSR count). The first-order chi connectivity index (χ1) is 16.9. The summed E-state index contributed by atoms with van der Waals surface area (Å²) in [7, 11) is 0. The Hall–Kier alpha value is -3.71. The van der Waals surface area contributed by atoms with Gasteiger partial charge in [0.25, 0.3) is 12.2 Å². The molecule has 6 nitrogen and oxygen atoms in total. The van der Waals surface area contributed by atoms with Crippen molar-refractivity contribution in [2.75, 3.05) is 24.7 Å². The molecule has 0 saturated carbocycles. The number of alkyl halides is 2. The van der Waals surface area contributed by atoms with Crippen LogP contribution in [0.4, 0.5) is 29.1 Å². The first-order valence-electron chi connectivity index (χ1n) is 11.2. The Bertz CT molecular complexity index is 1450. The highest BCUT2D eigenvalue weighted by molar-refractivity contribution is 5.94. The van der Waals surface area contributed by atoms with Crippen molar-refractivity contribution >= 4 is 28.2 Å². The lowest BCUT2D eigenvalue weighted by Gasteiger charge is -2.25. The molecule has 0 radical (unpaired) electrons. The third-order valence-electron chi connectivity index (χ3n) is 5.88. The van der Waals surface area contributed by atoms with Gasteiger partial charge in [0.05, 0.1) is 17.4 Å². The van der Waals surface area contributed by atoms with Crippen molar-refractivity contribution in [1.29, 1.82) is 0 Å². The molecular weight excluding hydrogens is 462 g/mol. The van der Waals surface area contributed by atoms with Gasteiger partial charge in [0.2, 0.25) is 0 Å². The zero-order chi connectivity index (χ0) is 24.5. The molecule has 35 heavy (non-hydrogen) atoms. The van der Waals surface area contributed by atoms with E-state index in [1.807, 2.05) is 0 Å². The van der Waals surface area contributed by atoms with Gasteiger partial charge < -0.3 is 9.64 Å². The molecule has 0 bridgehead atoms. The molecule has 0 spiro atoms. The average molecular weight is 483 g/mol. The molecule has 3 heterocycles. The van der Waals surface area contributed by atoms with Gasteiger partial charge in [-0.2, -0.15) is 4.98 Å². The predicted molar refractivity (Wildman–Crippen MR) is 123 cm³/mol. The molecule has 1 saturated heterocycles. The van der Waals surface area contributed by atoms with Gasteiger partial charge in [-0.25, -0.2) is 17.6 Å². The van der Waals surface area contributed by atoms with Crippen LogP contribution in [0.15, 0.2) is 36.4 Å². The predicted octanol–water partition coefficient (Wildman–Crippen LogP) is 5.05. The lowest BCUT2D eigenvalue weighted by molar-refractivity contribution is 0.0807. The lowest BCUT2D eigenvalue weighted by atomic mass is 10.0. The van der Waals surface area contributed by atoms with Crippen molar-refractivity contribution in [2.45, 2.75) is 26.2 Å². The van der Waals surface area contributed by atoms with Crippen molar-refractivity contribution in [1.82, 2.24) is 19.6 Å². The summed E-state index contributed by atoms with van der Waals surface area (Å²) in [5.74, 6) is 5.36. The second-order valence-electron chi connectivity index (χ2n) is 8.31. The summed E-state index contributed by atoms with van der Waals surface area (Å²) in [6.45, 7) is 2.07. The summed E-state index contributed by atoms with van der Waals surface area (Å²) >= 11 is 0. The Morgan fingerprint density at radius 1 is 1.14 bits per heavy atom. The van der Waals surface area contributed by atoms with Gasteiger partial charge >= 0.3 is 0 Å². The van der Waals surface area contributed by atoms with Crippen LogP contribution in [0.1, 0.15) is 24.2 Å². The number of halogens is 4.